The number of Topliss-reactive ketones (excluding diaryl/α,β-unsaturated/α-hetero) is 1. The van der Waals surface area contributed by atoms with E-state index in [1.807, 2.05) is 12.1 Å². The van der Waals surface area contributed by atoms with Crippen LogP contribution in [0.15, 0.2) is 30.0 Å². The Balaban J connectivity index is 2.50. The zero-order valence-corrected chi connectivity index (χ0v) is 7.78. The number of fused-ring (bicyclic) bond motifs is 1. The molecule has 72 valence electrons. The number of hydrogen-bond acceptors (Lipinski definition) is 3. The van der Waals surface area contributed by atoms with Crippen molar-refractivity contribution in [2.24, 2.45) is 0 Å². The topological polar surface area (TPSA) is 46.5 Å². The molecule has 14 heavy (non-hydrogen) atoms. The molecule has 3 heteroatoms. The monoisotopic (exact) mass is 190 g/mol. The second-order valence-corrected chi connectivity index (χ2v) is 3.18. The molecule has 1 aromatic rings. The minimum absolute atomic E-state index is 0.110. The van der Waals surface area contributed by atoms with E-state index >= 15 is 0 Å². The third-order valence-electron chi connectivity index (χ3n) is 2.39. The van der Waals surface area contributed by atoms with Crippen LogP contribution < -0.4 is 4.74 Å². The van der Waals surface area contributed by atoms with Crippen LogP contribution in [-0.2, 0) is 6.42 Å². The first-order chi connectivity index (χ1) is 6.76. The Morgan fingerprint density at radius 3 is 2.93 bits per heavy atom. The molecular formula is C11H10O3. The molecule has 1 aromatic carbocycles. The van der Waals surface area contributed by atoms with E-state index < -0.39 is 0 Å². The molecule has 0 spiro atoms. The maximum absolute atomic E-state index is 11.6. The smallest absolute Gasteiger partial charge is 0.192 e. The number of carbonyl (C=O) groups is 1. The molecule has 3 nitrogen and oxygen atoms in total. The van der Waals surface area contributed by atoms with Crippen LogP contribution in [0.25, 0.3) is 0 Å². The summed E-state index contributed by atoms with van der Waals surface area (Å²) >= 11 is 0. The summed E-state index contributed by atoms with van der Waals surface area (Å²) in [6.07, 6.45) is 1.39. The zero-order valence-electron chi connectivity index (χ0n) is 7.78. The van der Waals surface area contributed by atoms with Crippen LogP contribution in [0, 0.1) is 0 Å². The van der Waals surface area contributed by atoms with Crippen molar-refractivity contribution >= 4 is 5.78 Å². The van der Waals surface area contributed by atoms with Crippen molar-refractivity contribution in [2.45, 2.75) is 6.42 Å². The molecule has 0 unspecified atom stereocenters. The van der Waals surface area contributed by atoms with E-state index in [4.69, 9.17) is 9.84 Å². The predicted octanol–water partition coefficient (Wildman–Crippen LogP) is 1.88. The van der Waals surface area contributed by atoms with E-state index in [0.29, 0.717) is 23.3 Å². The van der Waals surface area contributed by atoms with Gasteiger partial charge in [0.05, 0.1) is 13.4 Å². The zero-order chi connectivity index (χ0) is 10.1. The van der Waals surface area contributed by atoms with Crippen LogP contribution in [0.2, 0.25) is 0 Å². The van der Waals surface area contributed by atoms with Gasteiger partial charge in [0.2, 0.25) is 0 Å². The van der Waals surface area contributed by atoms with Gasteiger partial charge >= 0.3 is 0 Å². The van der Waals surface area contributed by atoms with Crippen LogP contribution >= 0.6 is 0 Å². The van der Waals surface area contributed by atoms with Gasteiger partial charge in [-0.1, -0.05) is 6.07 Å². The van der Waals surface area contributed by atoms with Crippen LogP contribution in [0.4, 0.5) is 0 Å². The fraction of sp³-hybridized carbons (Fsp3) is 0.182. The Labute approximate surface area is 81.6 Å². The van der Waals surface area contributed by atoms with Gasteiger partial charge in [-0.15, -0.1) is 0 Å². The molecule has 0 bridgehead atoms. The van der Waals surface area contributed by atoms with Crippen LogP contribution in [0.1, 0.15) is 15.9 Å². The van der Waals surface area contributed by atoms with Crippen molar-refractivity contribution in [1.82, 2.24) is 0 Å². The summed E-state index contributed by atoms with van der Waals surface area (Å²) < 4.78 is 5.02. The van der Waals surface area contributed by atoms with Gasteiger partial charge in [0, 0.05) is 17.6 Å². The quantitative estimate of drug-likeness (QED) is 0.543. The van der Waals surface area contributed by atoms with E-state index in [-0.39, 0.29) is 5.78 Å². The molecule has 0 heterocycles. The molecule has 2 rings (SSSR count). The number of hydrogen-bond donors (Lipinski definition) is 1. The van der Waals surface area contributed by atoms with Gasteiger partial charge in [0.25, 0.3) is 0 Å². The number of allylic oxidation sites excluding steroid dienone is 1. The molecule has 0 radical (unpaired) electrons. The average molecular weight is 190 g/mol. The fourth-order valence-electron chi connectivity index (χ4n) is 1.61. The highest BCUT2D eigenvalue weighted by Crippen LogP contribution is 2.28. The van der Waals surface area contributed by atoms with Crippen molar-refractivity contribution in [2.75, 3.05) is 7.11 Å². The lowest BCUT2D eigenvalue weighted by Crippen LogP contribution is -1.95. The minimum Gasteiger partial charge on any atom is -0.515 e. The number of carbonyl (C=O) groups excluding carboxylic acids is 1. The third-order valence-corrected chi connectivity index (χ3v) is 2.39. The second-order valence-electron chi connectivity index (χ2n) is 3.18. The van der Waals surface area contributed by atoms with E-state index in [9.17, 15) is 4.79 Å². The number of ketones is 1. The molecule has 0 fully saturated rings. The summed E-state index contributed by atoms with van der Waals surface area (Å²) in [6, 6.07) is 5.36. The second kappa shape index (κ2) is 3.18. The molecule has 1 aliphatic carbocycles. The molecule has 0 aliphatic heterocycles. The predicted molar refractivity (Wildman–Crippen MR) is 51.7 cm³/mol. The first-order valence-electron chi connectivity index (χ1n) is 4.31. The summed E-state index contributed by atoms with van der Waals surface area (Å²) in [4.78, 5) is 11.6. The van der Waals surface area contributed by atoms with Crippen molar-refractivity contribution in [3.63, 3.8) is 0 Å². The number of benzene rings is 1. The molecule has 0 saturated carbocycles. The first kappa shape index (κ1) is 8.81. The highest BCUT2D eigenvalue weighted by Gasteiger charge is 2.25. The van der Waals surface area contributed by atoms with E-state index in [0.717, 1.165) is 11.8 Å². The van der Waals surface area contributed by atoms with Crippen LogP contribution in [-0.4, -0.2) is 18.0 Å². The summed E-state index contributed by atoms with van der Waals surface area (Å²) in [5.41, 5.74) is 2.01. The van der Waals surface area contributed by atoms with Crippen molar-refractivity contribution in [1.29, 1.82) is 0 Å². The summed E-state index contributed by atoms with van der Waals surface area (Å²) in [5.74, 6) is 0.553. The lowest BCUT2D eigenvalue weighted by molar-refractivity contribution is 0.103. The van der Waals surface area contributed by atoms with Gasteiger partial charge in [-0.05, 0) is 17.7 Å². The lowest BCUT2D eigenvalue weighted by atomic mass is 10.1. The van der Waals surface area contributed by atoms with Crippen LogP contribution in [0.5, 0.6) is 5.75 Å². The third kappa shape index (κ3) is 1.18. The minimum atomic E-state index is -0.110. The van der Waals surface area contributed by atoms with E-state index in [2.05, 4.69) is 0 Å². The van der Waals surface area contributed by atoms with Crippen LogP contribution in [0.3, 0.4) is 0 Å². The largest absolute Gasteiger partial charge is 0.515 e. The highest BCUT2D eigenvalue weighted by molar-refractivity contribution is 6.13. The lowest BCUT2D eigenvalue weighted by Gasteiger charge is -2.01. The summed E-state index contributed by atoms with van der Waals surface area (Å²) in [7, 11) is 1.56. The van der Waals surface area contributed by atoms with Crippen molar-refractivity contribution < 1.29 is 14.6 Å². The fourth-order valence-corrected chi connectivity index (χ4v) is 1.61. The number of rotatable bonds is 1. The van der Waals surface area contributed by atoms with Gasteiger partial charge in [0.1, 0.15) is 5.75 Å². The molecule has 0 saturated heterocycles. The molecule has 0 aromatic heterocycles. The first-order valence-corrected chi connectivity index (χ1v) is 4.31. The van der Waals surface area contributed by atoms with Gasteiger partial charge < -0.3 is 9.84 Å². The van der Waals surface area contributed by atoms with Crippen molar-refractivity contribution in [3.05, 3.63) is 41.2 Å². The Kier molecular flexibility index (Phi) is 2.00. The van der Waals surface area contributed by atoms with Gasteiger partial charge in [0.15, 0.2) is 5.78 Å². The van der Waals surface area contributed by atoms with E-state index in [1.165, 1.54) is 0 Å². The molecular weight excluding hydrogens is 180 g/mol. The number of aliphatic hydroxyl groups is 1. The Bertz CT molecular complexity index is 419. The van der Waals surface area contributed by atoms with Gasteiger partial charge in [-0.25, -0.2) is 0 Å². The molecule has 0 atom stereocenters. The highest BCUT2D eigenvalue weighted by atomic mass is 16.5. The number of aliphatic hydroxyl groups excluding tert-OH is 1. The van der Waals surface area contributed by atoms with Crippen molar-refractivity contribution in [3.8, 4) is 5.75 Å². The molecule has 1 N–H and O–H groups in total. The molecule has 1 aliphatic rings. The normalized spacial score (nSPS) is 17.2. The van der Waals surface area contributed by atoms with Gasteiger partial charge in [-0.2, -0.15) is 0 Å². The summed E-state index contributed by atoms with van der Waals surface area (Å²) in [5, 5.41) is 8.82. The Morgan fingerprint density at radius 2 is 2.29 bits per heavy atom. The standard InChI is InChI=1S/C11H10O3/c1-14-9-3-2-7-4-8(6-12)11(13)10(7)5-9/h2-3,5-6,12H,4H2,1H3. The maximum Gasteiger partial charge on any atom is 0.192 e. The number of methoxy groups -OCH3 is 1. The molecule has 0 amide bonds. The number of ether oxygens (including phenoxy) is 1. The summed E-state index contributed by atoms with van der Waals surface area (Å²) in [6.45, 7) is 0. The Morgan fingerprint density at radius 1 is 1.50 bits per heavy atom. The van der Waals surface area contributed by atoms with E-state index in [1.54, 1.807) is 13.2 Å². The maximum atomic E-state index is 11.6. The van der Waals surface area contributed by atoms with Gasteiger partial charge in [-0.3, -0.25) is 4.79 Å². The average Bonchev–Trinajstić information content (AvgIpc) is 2.55. The Hall–Kier alpha value is -1.77. The SMILES string of the molecule is COc1ccc2c(c1)C(=O)C(=CO)C2.